The van der Waals surface area contributed by atoms with E-state index in [2.05, 4.69) is 32.9 Å². The van der Waals surface area contributed by atoms with Gasteiger partial charge in [0, 0.05) is 0 Å². The van der Waals surface area contributed by atoms with Crippen LogP contribution < -0.4 is 0 Å². The molecule has 0 unspecified atom stereocenters. The molecular weight excluding hydrogens is 138 g/mol. The van der Waals surface area contributed by atoms with Gasteiger partial charge in [0.05, 0.1) is 5.71 Å². The minimum atomic E-state index is 0.374. The van der Waals surface area contributed by atoms with Gasteiger partial charge in [0.1, 0.15) is 0 Å². The molecular formula is C9H19NO. The highest BCUT2D eigenvalue weighted by atomic mass is 16.4. The lowest BCUT2D eigenvalue weighted by Gasteiger charge is -2.08. The number of nitrogens with zero attached hydrogens (tertiary/aromatic N) is 1. The Hall–Kier alpha value is -0.530. The van der Waals surface area contributed by atoms with Gasteiger partial charge >= 0.3 is 0 Å². The quantitative estimate of drug-likeness (QED) is 0.380. The van der Waals surface area contributed by atoms with Gasteiger partial charge in [-0.1, -0.05) is 32.9 Å². The Balaban J connectivity index is 3.72. The zero-order valence-electron chi connectivity index (χ0n) is 7.96. The van der Waals surface area contributed by atoms with E-state index in [-0.39, 0.29) is 0 Å². The SMILES string of the molecule is CC(C)CC/C(=N\O)C(C)C. The van der Waals surface area contributed by atoms with Gasteiger partial charge in [-0.15, -0.1) is 0 Å². The minimum Gasteiger partial charge on any atom is -0.411 e. The molecule has 0 saturated heterocycles. The lowest BCUT2D eigenvalue weighted by molar-refractivity contribution is 0.313. The molecule has 0 rings (SSSR count). The van der Waals surface area contributed by atoms with Crippen LogP contribution in [0, 0.1) is 11.8 Å². The molecule has 0 bridgehead atoms. The van der Waals surface area contributed by atoms with Crippen LogP contribution in [-0.4, -0.2) is 10.9 Å². The molecule has 0 atom stereocenters. The van der Waals surface area contributed by atoms with E-state index in [1.165, 1.54) is 0 Å². The van der Waals surface area contributed by atoms with E-state index in [4.69, 9.17) is 5.21 Å². The number of rotatable bonds is 4. The van der Waals surface area contributed by atoms with Crippen molar-refractivity contribution >= 4 is 5.71 Å². The summed E-state index contributed by atoms with van der Waals surface area (Å²) in [5.74, 6) is 1.06. The molecule has 0 heterocycles. The van der Waals surface area contributed by atoms with Crippen molar-refractivity contribution in [1.82, 2.24) is 0 Å². The van der Waals surface area contributed by atoms with E-state index in [1.54, 1.807) is 0 Å². The number of hydrogen-bond acceptors (Lipinski definition) is 2. The molecule has 0 radical (unpaired) electrons. The van der Waals surface area contributed by atoms with Crippen LogP contribution in [-0.2, 0) is 0 Å². The Labute approximate surface area is 69.3 Å². The van der Waals surface area contributed by atoms with Gasteiger partial charge in [-0.05, 0) is 24.7 Å². The fourth-order valence-corrected chi connectivity index (χ4v) is 0.891. The van der Waals surface area contributed by atoms with Crippen molar-refractivity contribution < 1.29 is 5.21 Å². The molecule has 2 heteroatoms. The van der Waals surface area contributed by atoms with Gasteiger partial charge in [0.2, 0.25) is 0 Å². The molecule has 2 nitrogen and oxygen atoms in total. The second kappa shape index (κ2) is 5.16. The lowest BCUT2D eigenvalue weighted by Crippen LogP contribution is -2.08. The third kappa shape index (κ3) is 4.82. The summed E-state index contributed by atoms with van der Waals surface area (Å²) in [7, 11) is 0. The summed E-state index contributed by atoms with van der Waals surface area (Å²) in [5.41, 5.74) is 0.915. The monoisotopic (exact) mass is 157 g/mol. The molecule has 0 spiro atoms. The maximum Gasteiger partial charge on any atom is 0.0596 e. The van der Waals surface area contributed by atoms with Crippen LogP contribution >= 0.6 is 0 Å². The topological polar surface area (TPSA) is 32.6 Å². The standard InChI is InChI=1S/C9H19NO/c1-7(2)5-6-9(10-11)8(3)4/h7-8,11H,5-6H2,1-4H3/b10-9+. The van der Waals surface area contributed by atoms with Crippen molar-refractivity contribution in [2.24, 2.45) is 17.0 Å². The van der Waals surface area contributed by atoms with Crippen LogP contribution in [0.25, 0.3) is 0 Å². The summed E-state index contributed by atoms with van der Waals surface area (Å²) in [6.07, 6.45) is 2.03. The summed E-state index contributed by atoms with van der Waals surface area (Å²) < 4.78 is 0. The third-order valence-electron chi connectivity index (χ3n) is 1.77. The Bertz CT molecular complexity index is 128. The van der Waals surface area contributed by atoms with Crippen LogP contribution in [0.4, 0.5) is 0 Å². The number of hydrogen-bond donors (Lipinski definition) is 1. The van der Waals surface area contributed by atoms with Crippen LogP contribution in [0.5, 0.6) is 0 Å². The molecule has 0 aliphatic carbocycles. The van der Waals surface area contributed by atoms with Gasteiger partial charge in [0.15, 0.2) is 0 Å². The molecule has 0 aliphatic heterocycles. The van der Waals surface area contributed by atoms with Gasteiger partial charge in [0.25, 0.3) is 0 Å². The fraction of sp³-hybridized carbons (Fsp3) is 0.889. The number of oxime groups is 1. The predicted octanol–water partition coefficient (Wildman–Crippen LogP) is 2.91. The molecule has 0 amide bonds. The summed E-state index contributed by atoms with van der Waals surface area (Å²) in [6, 6.07) is 0. The minimum absolute atomic E-state index is 0.374. The Kier molecular flexibility index (Phi) is 4.92. The van der Waals surface area contributed by atoms with E-state index in [1.807, 2.05) is 0 Å². The van der Waals surface area contributed by atoms with E-state index in [0.29, 0.717) is 11.8 Å². The fourth-order valence-electron chi connectivity index (χ4n) is 0.891. The van der Waals surface area contributed by atoms with Crippen molar-refractivity contribution in [3.63, 3.8) is 0 Å². The molecule has 1 N–H and O–H groups in total. The zero-order chi connectivity index (χ0) is 8.85. The summed E-state index contributed by atoms with van der Waals surface area (Å²) >= 11 is 0. The maximum atomic E-state index is 8.60. The highest BCUT2D eigenvalue weighted by Crippen LogP contribution is 2.09. The normalized spacial score (nSPS) is 13.1. The molecule has 0 fully saturated rings. The average Bonchev–Trinajstić information content (AvgIpc) is 1.87. The Morgan fingerprint density at radius 2 is 1.82 bits per heavy atom. The van der Waals surface area contributed by atoms with E-state index in [0.717, 1.165) is 18.6 Å². The lowest BCUT2D eigenvalue weighted by atomic mass is 9.99. The molecule has 0 aromatic carbocycles. The first kappa shape index (κ1) is 10.5. The molecule has 66 valence electrons. The second-order valence-corrected chi connectivity index (χ2v) is 3.68. The molecule has 0 saturated carbocycles. The van der Waals surface area contributed by atoms with Crippen LogP contribution in [0.2, 0.25) is 0 Å². The van der Waals surface area contributed by atoms with Crippen molar-refractivity contribution in [2.45, 2.75) is 40.5 Å². The predicted molar refractivity (Wildman–Crippen MR) is 48.1 cm³/mol. The van der Waals surface area contributed by atoms with Gasteiger partial charge < -0.3 is 5.21 Å². The molecule has 0 aromatic heterocycles. The largest absolute Gasteiger partial charge is 0.411 e. The highest BCUT2D eigenvalue weighted by Gasteiger charge is 2.06. The van der Waals surface area contributed by atoms with Gasteiger partial charge in [-0.2, -0.15) is 0 Å². The first-order valence-corrected chi connectivity index (χ1v) is 4.28. The van der Waals surface area contributed by atoms with Crippen molar-refractivity contribution in [1.29, 1.82) is 0 Å². The first-order chi connectivity index (χ1) is 5.07. The van der Waals surface area contributed by atoms with E-state index < -0.39 is 0 Å². The summed E-state index contributed by atoms with van der Waals surface area (Å²) in [6.45, 7) is 8.45. The Morgan fingerprint density at radius 1 is 1.27 bits per heavy atom. The molecule has 11 heavy (non-hydrogen) atoms. The van der Waals surface area contributed by atoms with Gasteiger partial charge in [-0.25, -0.2) is 0 Å². The van der Waals surface area contributed by atoms with Crippen molar-refractivity contribution in [3.8, 4) is 0 Å². The second-order valence-electron chi connectivity index (χ2n) is 3.68. The van der Waals surface area contributed by atoms with Gasteiger partial charge in [-0.3, -0.25) is 0 Å². The van der Waals surface area contributed by atoms with Crippen LogP contribution in [0.15, 0.2) is 5.16 Å². The average molecular weight is 157 g/mol. The van der Waals surface area contributed by atoms with Crippen LogP contribution in [0.3, 0.4) is 0 Å². The smallest absolute Gasteiger partial charge is 0.0596 e. The van der Waals surface area contributed by atoms with Crippen molar-refractivity contribution in [3.05, 3.63) is 0 Å². The molecule has 0 aliphatic rings. The first-order valence-electron chi connectivity index (χ1n) is 4.28. The van der Waals surface area contributed by atoms with Crippen LogP contribution in [0.1, 0.15) is 40.5 Å². The third-order valence-corrected chi connectivity index (χ3v) is 1.77. The summed E-state index contributed by atoms with van der Waals surface area (Å²) in [4.78, 5) is 0. The van der Waals surface area contributed by atoms with Crippen molar-refractivity contribution in [2.75, 3.05) is 0 Å². The molecule has 0 aromatic rings. The van der Waals surface area contributed by atoms with E-state index >= 15 is 0 Å². The zero-order valence-corrected chi connectivity index (χ0v) is 7.96. The highest BCUT2D eigenvalue weighted by molar-refractivity contribution is 5.85. The summed E-state index contributed by atoms with van der Waals surface area (Å²) in [5, 5.41) is 11.9. The Morgan fingerprint density at radius 3 is 2.09 bits per heavy atom. The van der Waals surface area contributed by atoms with E-state index in [9.17, 15) is 0 Å². The maximum absolute atomic E-state index is 8.60.